The first-order valence-corrected chi connectivity index (χ1v) is 6.15. The van der Waals surface area contributed by atoms with Crippen LogP contribution < -0.4 is 10.1 Å². The molecule has 0 aliphatic carbocycles. The lowest BCUT2D eigenvalue weighted by atomic mass is 10.1. The maximum atomic E-state index is 9.66. The number of ether oxygens (including phenoxy) is 2. The largest absolute Gasteiger partial charge is 0.490 e. The van der Waals surface area contributed by atoms with Gasteiger partial charge in [-0.25, -0.2) is 0 Å². The molecule has 0 amide bonds. The molecule has 0 unspecified atom stereocenters. The van der Waals surface area contributed by atoms with Gasteiger partial charge in [-0.2, -0.15) is 0 Å². The molecular formula is C14H23NO3. The van der Waals surface area contributed by atoms with Gasteiger partial charge in [0.05, 0.1) is 12.2 Å². The van der Waals surface area contributed by atoms with Crippen LogP contribution in [0.1, 0.15) is 19.4 Å². The first kappa shape index (κ1) is 15.0. The van der Waals surface area contributed by atoms with E-state index in [1.807, 2.05) is 24.3 Å². The fourth-order valence-electron chi connectivity index (χ4n) is 1.44. The molecule has 0 saturated carbocycles. The lowest BCUT2D eigenvalue weighted by Gasteiger charge is -2.19. The smallest absolute Gasteiger partial charge is 0.123 e. The molecule has 0 aliphatic heterocycles. The molecule has 2 N–H and O–H groups in total. The number of rotatable bonds is 8. The summed E-state index contributed by atoms with van der Waals surface area (Å²) in [6.45, 7) is 5.95. The summed E-state index contributed by atoms with van der Waals surface area (Å²) in [5.74, 6) is 0.810. The van der Waals surface area contributed by atoms with Gasteiger partial charge in [0.25, 0.3) is 0 Å². The molecule has 0 aromatic heterocycles. The van der Waals surface area contributed by atoms with E-state index < -0.39 is 5.60 Å². The molecule has 0 aliphatic rings. The van der Waals surface area contributed by atoms with E-state index >= 15 is 0 Å². The van der Waals surface area contributed by atoms with E-state index in [1.165, 1.54) is 0 Å². The maximum Gasteiger partial charge on any atom is 0.123 e. The van der Waals surface area contributed by atoms with E-state index in [0.29, 0.717) is 6.61 Å². The molecular weight excluding hydrogens is 230 g/mol. The van der Waals surface area contributed by atoms with Crippen molar-refractivity contribution in [2.75, 3.05) is 26.9 Å². The summed E-state index contributed by atoms with van der Waals surface area (Å²) in [6.07, 6.45) is 0. The summed E-state index contributed by atoms with van der Waals surface area (Å²) in [7, 11) is 1.68. The molecule has 0 radical (unpaired) electrons. The van der Waals surface area contributed by atoms with Crippen molar-refractivity contribution in [2.24, 2.45) is 0 Å². The monoisotopic (exact) mass is 253 g/mol. The van der Waals surface area contributed by atoms with Crippen molar-refractivity contribution in [2.45, 2.75) is 26.0 Å². The van der Waals surface area contributed by atoms with Crippen molar-refractivity contribution in [1.29, 1.82) is 0 Å². The summed E-state index contributed by atoms with van der Waals surface area (Å²) in [5, 5.41) is 12.9. The summed E-state index contributed by atoms with van der Waals surface area (Å²) < 4.78 is 10.6. The minimum Gasteiger partial charge on any atom is -0.490 e. The third-order valence-electron chi connectivity index (χ3n) is 2.35. The van der Waals surface area contributed by atoms with Crippen molar-refractivity contribution in [3.8, 4) is 5.75 Å². The second-order valence-corrected chi connectivity index (χ2v) is 4.88. The van der Waals surface area contributed by atoms with E-state index in [4.69, 9.17) is 9.47 Å². The highest BCUT2D eigenvalue weighted by molar-refractivity contribution is 5.33. The Balaban J connectivity index is 2.51. The zero-order chi connectivity index (χ0) is 13.4. The highest BCUT2D eigenvalue weighted by atomic mass is 16.5. The van der Waals surface area contributed by atoms with E-state index in [1.54, 1.807) is 21.0 Å². The molecule has 1 rings (SSSR count). The van der Waals surface area contributed by atoms with Crippen molar-refractivity contribution >= 4 is 0 Å². The van der Waals surface area contributed by atoms with Crippen molar-refractivity contribution in [3.05, 3.63) is 29.8 Å². The van der Waals surface area contributed by atoms with Crippen LogP contribution >= 0.6 is 0 Å². The van der Waals surface area contributed by atoms with Gasteiger partial charge >= 0.3 is 0 Å². The SMILES string of the molecule is COCCNCc1ccccc1OCC(C)(C)O. The number of nitrogens with one attached hydrogen (secondary N) is 1. The topological polar surface area (TPSA) is 50.7 Å². The summed E-state index contributed by atoms with van der Waals surface area (Å²) >= 11 is 0. The van der Waals surface area contributed by atoms with Gasteiger partial charge < -0.3 is 19.9 Å². The van der Waals surface area contributed by atoms with Gasteiger partial charge in [-0.3, -0.25) is 0 Å². The fraction of sp³-hybridized carbons (Fsp3) is 0.571. The summed E-state index contributed by atoms with van der Waals surface area (Å²) in [5.41, 5.74) is 0.259. The second-order valence-electron chi connectivity index (χ2n) is 4.88. The molecule has 0 bridgehead atoms. The Morgan fingerprint density at radius 1 is 1.28 bits per heavy atom. The zero-order valence-electron chi connectivity index (χ0n) is 11.4. The highest BCUT2D eigenvalue weighted by Crippen LogP contribution is 2.19. The summed E-state index contributed by atoms with van der Waals surface area (Å²) in [6, 6.07) is 7.83. The van der Waals surface area contributed by atoms with Crippen molar-refractivity contribution in [1.82, 2.24) is 5.32 Å². The molecule has 1 aromatic rings. The molecule has 1 aromatic carbocycles. The normalized spacial score (nSPS) is 11.6. The third-order valence-corrected chi connectivity index (χ3v) is 2.35. The molecule has 0 fully saturated rings. The Bertz CT molecular complexity index is 347. The molecule has 0 heterocycles. The van der Waals surface area contributed by atoms with Gasteiger partial charge in [0.1, 0.15) is 12.4 Å². The maximum absolute atomic E-state index is 9.66. The van der Waals surface area contributed by atoms with Crippen molar-refractivity contribution < 1.29 is 14.6 Å². The van der Waals surface area contributed by atoms with Crippen molar-refractivity contribution in [3.63, 3.8) is 0 Å². The van der Waals surface area contributed by atoms with Crippen LogP contribution in [0.3, 0.4) is 0 Å². The molecule has 18 heavy (non-hydrogen) atoms. The Morgan fingerprint density at radius 2 is 2.00 bits per heavy atom. The highest BCUT2D eigenvalue weighted by Gasteiger charge is 2.14. The average Bonchev–Trinajstić information content (AvgIpc) is 2.32. The van der Waals surface area contributed by atoms with Gasteiger partial charge in [0.15, 0.2) is 0 Å². The number of para-hydroxylation sites is 1. The van der Waals surface area contributed by atoms with Gasteiger partial charge in [0.2, 0.25) is 0 Å². The lowest BCUT2D eigenvalue weighted by Crippen LogP contribution is -2.28. The number of benzene rings is 1. The standard InChI is InChI=1S/C14H23NO3/c1-14(2,16)11-18-13-7-5-4-6-12(13)10-15-8-9-17-3/h4-7,15-16H,8-11H2,1-3H3. The van der Waals surface area contributed by atoms with Crippen LogP contribution in [0.2, 0.25) is 0 Å². The predicted octanol–water partition coefficient (Wildman–Crippen LogP) is 1.57. The Hall–Kier alpha value is -1.10. The molecule has 0 saturated heterocycles. The Kier molecular flexibility index (Phi) is 6.12. The molecule has 0 spiro atoms. The Morgan fingerprint density at radius 3 is 2.67 bits per heavy atom. The van der Waals surface area contributed by atoms with Crippen LogP contribution in [0.5, 0.6) is 5.75 Å². The predicted molar refractivity (Wildman–Crippen MR) is 71.8 cm³/mol. The van der Waals surface area contributed by atoms with Gasteiger partial charge in [0, 0.05) is 25.8 Å². The van der Waals surface area contributed by atoms with Gasteiger partial charge in [-0.15, -0.1) is 0 Å². The van der Waals surface area contributed by atoms with E-state index in [9.17, 15) is 5.11 Å². The quantitative estimate of drug-likeness (QED) is 0.691. The molecule has 4 heteroatoms. The van der Waals surface area contributed by atoms with E-state index in [-0.39, 0.29) is 6.61 Å². The number of hydrogen-bond acceptors (Lipinski definition) is 4. The van der Waals surface area contributed by atoms with E-state index in [2.05, 4.69) is 5.32 Å². The Labute approximate surface area is 109 Å². The summed E-state index contributed by atoms with van der Waals surface area (Å²) in [4.78, 5) is 0. The molecule has 0 atom stereocenters. The minimum atomic E-state index is -0.823. The minimum absolute atomic E-state index is 0.280. The van der Waals surface area contributed by atoms with Crippen LogP contribution in [0.25, 0.3) is 0 Å². The van der Waals surface area contributed by atoms with Gasteiger partial charge in [-0.05, 0) is 19.9 Å². The van der Waals surface area contributed by atoms with Crippen LogP contribution in [0.4, 0.5) is 0 Å². The molecule has 102 valence electrons. The first-order valence-electron chi connectivity index (χ1n) is 6.15. The first-order chi connectivity index (χ1) is 8.53. The second kappa shape index (κ2) is 7.36. The van der Waals surface area contributed by atoms with Gasteiger partial charge in [-0.1, -0.05) is 18.2 Å². The average molecular weight is 253 g/mol. The van der Waals surface area contributed by atoms with Crippen LogP contribution in [-0.4, -0.2) is 37.6 Å². The third kappa shape index (κ3) is 6.00. The lowest BCUT2D eigenvalue weighted by molar-refractivity contribution is 0.0281. The number of hydrogen-bond donors (Lipinski definition) is 2. The molecule has 4 nitrogen and oxygen atoms in total. The van der Waals surface area contributed by atoms with Crippen LogP contribution in [-0.2, 0) is 11.3 Å². The number of aliphatic hydroxyl groups is 1. The van der Waals surface area contributed by atoms with Crippen LogP contribution in [0.15, 0.2) is 24.3 Å². The zero-order valence-corrected chi connectivity index (χ0v) is 11.4. The van der Waals surface area contributed by atoms with Crippen LogP contribution in [0, 0.1) is 0 Å². The number of methoxy groups -OCH3 is 1. The fourth-order valence-corrected chi connectivity index (χ4v) is 1.44. The van der Waals surface area contributed by atoms with E-state index in [0.717, 1.165) is 24.4 Å².